The van der Waals surface area contributed by atoms with Crippen molar-refractivity contribution in [1.82, 2.24) is 5.48 Å². The molecular weight excluding hydrogens is 68.0 g/mol. The predicted molar refractivity (Wildman–Crippen MR) is 18.9 cm³/mol. The van der Waals surface area contributed by atoms with Gasteiger partial charge in [0.05, 0.1) is 0 Å². The molecule has 0 aromatic rings. The van der Waals surface area contributed by atoms with Gasteiger partial charge in [0.15, 0.2) is 6.40 Å². The molecule has 0 saturated carbocycles. The minimum Gasteiger partial charge on any atom is -0.397 e. The third-order valence-corrected chi connectivity index (χ3v) is 0.177. The van der Waals surface area contributed by atoms with Gasteiger partial charge in [-0.05, 0) is 0 Å². The van der Waals surface area contributed by atoms with E-state index in [1.807, 2.05) is 0 Å². The summed E-state index contributed by atoms with van der Waals surface area (Å²) in [5.41, 5.74) is 2.27. The van der Waals surface area contributed by atoms with Gasteiger partial charge < -0.3 is 4.84 Å². The van der Waals surface area contributed by atoms with Gasteiger partial charge in [0.2, 0.25) is 0 Å². The van der Waals surface area contributed by atoms with Gasteiger partial charge in [-0.3, -0.25) is 5.41 Å². The van der Waals surface area contributed by atoms with Crippen LogP contribution in [0.4, 0.5) is 0 Å². The second kappa shape index (κ2) is 3.43. The summed E-state index contributed by atoms with van der Waals surface area (Å²) < 4.78 is 0. The molecule has 0 radical (unpaired) electrons. The Morgan fingerprint density at radius 1 is 2.00 bits per heavy atom. The van der Waals surface area contributed by atoms with Crippen LogP contribution < -0.4 is 5.48 Å². The largest absolute Gasteiger partial charge is 0.397 e. The first-order valence-electron chi connectivity index (χ1n) is 1.23. The van der Waals surface area contributed by atoms with E-state index in [-0.39, 0.29) is 0 Å². The third kappa shape index (κ3) is 3.43. The first-order valence-corrected chi connectivity index (χ1v) is 1.23. The molecule has 5 heavy (non-hydrogen) atoms. The normalized spacial score (nSPS) is 6.60. The molecule has 0 aromatic carbocycles. The first-order chi connectivity index (χ1) is 2.41. The van der Waals surface area contributed by atoms with Crippen molar-refractivity contribution in [2.75, 3.05) is 7.05 Å². The number of hydrogen-bond acceptors (Lipinski definition) is 3. The molecule has 3 nitrogen and oxygen atoms in total. The van der Waals surface area contributed by atoms with Gasteiger partial charge in [0.1, 0.15) is 0 Å². The molecule has 0 aliphatic rings. The lowest BCUT2D eigenvalue weighted by Gasteiger charge is -1.85. The van der Waals surface area contributed by atoms with E-state index in [1.54, 1.807) is 7.05 Å². The molecule has 0 aliphatic carbocycles. The van der Waals surface area contributed by atoms with Crippen molar-refractivity contribution in [3.8, 4) is 0 Å². The number of hydroxylamine groups is 1. The summed E-state index contributed by atoms with van der Waals surface area (Å²) in [5.74, 6) is 0. The van der Waals surface area contributed by atoms with Gasteiger partial charge >= 0.3 is 0 Å². The highest BCUT2D eigenvalue weighted by atomic mass is 16.6. The zero-order valence-corrected chi connectivity index (χ0v) is 2.99. The zero-order valence-electron chi connectivity index (χ0n) is 2.99. The number of hydrogen-bond donors (Lipinski definition) is 2. The topological polar surface area (TPSA) is 45.1 Å². The monoisotopic (exact) mass is 74.0 g/mol. The summed E-state index contributed by atoms with van der Waals surface area (Å²) in [5, 5.41) is 6.19. The molecule has 0 saturated heterocycles. The van der Waals surface area contributed by atoms with Crippen molar-refractivity contribution < 1.29 is 4.84 Å². The maximum absolute atomic E-state index is 6.19. The summed E-state index contributed by atoms with van der Waals surface area (Å²) in [6, 6.07) is 0. The van der Waals surface area contributed by atoms with Gasteiger partial charge in [0.25, 0.3) is 0 Å². The van der Waals surface area contributed by atoms with Crippen LogP contribution in [-0.4, -0.2) is 13.4 Å². The Morgan fingerprint density at radius 2 is 2.60 bits per heavy atom. The highest BCUT2D eigenvalue weighted by Crippen LogP contribution is 1.39. The maximum Gasteiger partial charge on any atom is 0.193 e. The van der Waals surface area contributed by atoms with Crippen molar-refractivity contribution in [3.05, 3.63) is 0 Å². The smallest absolute Gasteiger partial charge is 0.193 e. The van der Waals surface area contributed by atoms with Crippen molar-refractivity contribution in [1.29, 1.82) is 5.41 Å². The van der Waals surface area contributed by atoms with Crippen LogP contribution in [0.2, 0.25) is 0 Å². The molecule has 0 rings (SSSR count). The standard InChI is InChI=1S/C2H6N2O/c1-4-5-2-3/h2-4H,1H3. The summed E-state index contributed by atoms with van der Waals surface area (Å²) in [7, 11) is 1.59. The van der Waals surface area contributed by atoms with E-state index in [4.69, 9.17) is 5.41 Å². The average molecular weight is 74.1 g/mol. The van der Waals surface area contributed by atoms with E-state index in [9.17, 15) is 0 Å². The molecule has 2 N–H and O–H groups in total. The minimum absolute atomic E-state index is 0.819. The molecule has 0 fully saturated rings. The van der Waals surface area contributed by atoms with Gasteiger partial charge in [0, 0.05) is 7.05 Å². The van der Waals surface area contributed by atoms with Crippen molar-refractivity contribution >= 4 is 6.40 Å². The van der Waals surface area contributed by atoms with E-state index < -0.39 is 0 Å². The fourth-order valence-corrected chi connectivity index (χ4v) is 0.0589. The average Bonchev–Trinajstić information content (AvgIpc) is 1.41. The molecular formula is C2H6N2O. The number of nitrogens with one attached hydrogen (secondary N) is 2. The Labute approximate surface area is 30.4 Å². The van der Waals surface area contributed by atoms with Crippen LogP contribution in [0.3, 0.4) is 0 Å². The molecule has 0 aromatic heterocycles. The summed E-state index contributed by atoms with van der Waals surface area (Å²) >= 11 is 0. The van der Waals surface area contributed by atoms with Crippen LogP contribution in [0.5, 0.6) is 0 Å². The molecule has 0 aliphatic heterocycles. The van der Waals surface area contributed by atoms with Crippen LogP contribution in [-0.2, 0) is 4.84 Å². The lowest BCUT2D eigenvalue weighted by Crippen LogP contribution is -2.03. The summed E-state index contributed by atoms with van der Waals surface area (Å²) in [4.78, 5) is 4.12. The van der Waals surface area contributed by atoms with E-state index in [2.05, 4.69) is 10.3 Å². The highest BCUT2D eigenvalue weighted by Gasteiger charge is 1.53. The summed E-state index contributed by atoms with van der Waals surface area (Å²) in [6.45, 7) is 0. The molecule has 0 amide bonds. The molecule has 0 atom stereocenters. The molecule has 0 unspecified atom stereocenters. The fourth-order valence-electron chi connectivity index (χ4n) is 0.0589. The van der Waals surface area contributed by atoms with Crippen LogP contribution in [0, 0.1) is 5.41 Å². The van der Waals surface area contributed by atoms with Crippen LogP contribution in [0.1, 0.15) is 0 Å². The Bertz CT molecular complexity index is 28.8. The van der Waals surface area contributed by atoms with Gasteiger partial charge in [-0.2, -0.15) is 5.48 Å². The van der Waals surface area contributed by atoms with Crippen molar-refractivity contribution in [2.45, 2.75) is 0 Å². The van der Waals surface area contributed by atoms with Gasteiger partial charge in [-0.15, -0.1) is 0 Å². The predicted octanol–water partition coefficient (Wildman–Crippen LogP) is -0.256. The van der Waals surface area contributed by atoms with E-state index in [1.165, 1.54) is 0 Å². The summed E-state index contributed by atoms with van der Waals surface area (Å²) in [6.07, 6.45) is 0.819. The Kier molecular flexibility index (Phi) is 3.04. The second-order valence-corrected chi connectivity index (χ2v) is 0.440. The first kappa shape index (κ1) is 4.43. The van der Waals surface area contributed by atoms with Crippen LogP contribution in [0.15, 0.2) is 0 Å². The SMILES string of the molecule is CNOC=N. The minimum atomic E-state index is 0.819. The lowest BCUT2D eigenvalue weighted by molar-refractivity contribution is 0.220. The maximum atomic E-state index is 6.19. The zero-order chi connectivity index (χ0) is 4.12. The van der Waals surface area contributed by atoms with Gasteiger partial charge in [-0.1, -0.05) is 0 Å². The molecule has 3 heteroatoms. The molecule has 0 heterocycles. The molecule has 30 valence electrons. The van der Waals surface area contributed by atoms with Crippen LogP contribution >= 0.6 is 0 Å². The lowest BCUT2D eigenvalue weighted by atomic mass is 11.5. The highest BCUT2D eigenvalue weighted by molar-refractivity contribution is 5.40. The Hall–Kier alpha value is -0.570. The fraction of sp³-hybridized carbons (Fsp3) is 0.500. The third-order valence-electron chi connectivity index (χ3n) is 0.177. The van der Waals surface area contributed by atoms with Crippen molar-refractivity contribution in [3.63, 3.8) is 0 Å². The second-order valence-electron chi connectivity index (χ2n) is 0.440. The molecule has 0 bridgehead atoms. The van der Waals surface area contributed by atoms with E-state index >= 15 is 0 Å². The Morgan fingerprint density at radius 3 is 2.60 bits per heavy atom. The van der Waals surface area contributed by atoms with E-state index in [0.29, 0.717) is 0 Å². The quantitative estimate of drug-likeness (QED) is 0.269. The Balaban J connectivity index is 2.40. The van der Waals surface area contributed by atoms with Gasteiger partial charge in [-0.25, -0.2) is 0 Å². The number of rotatable bonds is 2. The molecule has 0 spiro atoms. The van der Waals surface area contributed by atoms with Crippen molar-refractivity contribution in [2.24, 2.45) is 0 Å². The van der Waals surface area contributed by atoms with E-state index in [0.717, 1.165) is 6.40 Å². The van der Waals surface area contributed by atoms with Crippen LogP contribution in [0.25, 0.3) is 0 Å².